The first-order chi connectivity index (χ1) is 7.43. The van der Waals surface area contributed by atoms with Gasteiger partial charge in [-0.1, -0.05) is 0 Å². The molecule has 0 radical (unpaired) electrons. The van der Waals surface area contributed by atoms with Crippen molar-refractivity contribution in [3.63, 3.8) is 0 Å². The molecule has 1 aromatic carbocycles. The maximum absolute atomic E-state index is 11.8. The van der Waals surface area contributed by atoms with Crippen LogP contribution in [0.3, 0.4) is 0 Å². The van der Waals surface area contributed by atoms with Crippen LogP contribution >= 0.6 is 0 Å². The molecule has 6 heteroatoms. The normalized spacial score (nSPS) is 11.8. The number of halogens is 3. The van der Waals surface area contributed by atoms with Crippen LogP contribution in [-0.2, 0) is 4.79 Å². The predicted octanol–water partition coefficient (Wildman–Crippen LogP) is 2.20. The van der Waals surface area contributed by atoms with Gasteiger partial charge >= 0.3 is 12.1 Å². The topological polar surface area (TPSA) is 38.7 Å². The highest BCUT2D eigenvalue weighted by molar-refractivity contribution is 5.94. The molecule has 1 rings (SSSR count). The Kier molecular flexibility index (Phi) is 3.65. The minimum absolute atomic E-state index is 0.387. The summed E-state index contributed by atoms with van der Waals surface area (Å²) in [6.45, 7) is 0. The van der Waals surface area contributed by atoms with Crippen molar-refractivity contribution in [2.75, 3.05) is 7.11 Å². The molecule has 86 valence electrons. The van der Waals surface area contributed by atoms with Crippen LogP contribution < -0.4 is 4.74 Å². The summed E-state index contributed by atoms with van der Waals surface area (Å²) in [5, 5.41) is 0. The quantitative estimate of drug-likeness (QED) is 0.732. The van der Waals surface area contributed by atoms with Crippen LogP contribution in [0.4, 0.5) is 13.2 Å². The summed E-state index contributed by atoms with van der Waals surface area (Å²) in [4.78, 5) is 13.2. The zero-order chi connectivity index (χ0) is 12.2. The molecule has 16 heavy (non-hydrogen) atoms. The first-order valence-corrected chi connectivity index (χ1v) is 4.23. The molecule has 0 bridgehead atoms. The molecule has 0 N–H and O–H groups in total. The van der Waals surface area contributed by atoms with E-state index in [0.717, 1.165) is 6.21 Å². The lowest BCUT2D eigenvalue weighted by molar-refractivity contribution is -0.169. The summed E-state index contributed by atoms with van der Waals surface area (Å²) in [6.07, 6.45) is -4.07. The largest absolute Gasteiger partial charge is 0.497 e. The van der Waals surface area contributed by atoms with Gasteiger partial charge in [-0.25, -0.2) is 4.99 Å². The van der Waals surface area contributed by atoms with Gasteiger partial charge in [-0.3, -0.25) is 4.79 Å². The highest BCUT2D eigenvalue weighted by Crippen LogP contribution is 2.16. The van der Waals surface area contributed by atoms with Crippen LogP contribution in [0.2, 0.25) is 0 Å². The molecule has 0 aliphatic carbocycles. The Morgan fingerprint density at radius 3 is 2.31 bits per heavy atom. The Labute approximate surface area is 89.6 Å². The molecular weight excluding hydrogens is 223 g/mol. The van der Waals surface area contributed by atoms with Crippen LogP contribution in [0.25, 0.3) is 0 Å². The van der Waals surface area contributed by atoms with Crippen LogP contribution in [0.1, 0.15) is 5.56 Å². The van der Waals surface area contributed by atoms with E-state index in [0.29, 0.717) is 11.3 Å². The van der Waals surface area contributed by atoms with Gasteiger partial charge in [0.05, 0.1) is 7.11 Å². The lowest BCUT2D eigenvalue weighted by atomic mass is 10.2. The second-order valence-electron chi connectivity index (χ2n) is 2.83. The van der Waals surface area contributed by atoms with E-state index in [1.807, 2.05) is 0 Å². The average molecular weight is 231 g/mol. The van der Waals surface area contributed by atoms with Gasteiger partial charge in [0, 0.05) is 6.21 Å². The minimum atomic E-state index is -4.93. The van der Waals surface area contributed by atoms with Crippen LogP contribution in [0.15, 0.2) is 29.3 Å². The molecular formula is C10H8F3NO2. The van der Waals surface area contributed by atoms with Gasteiger partial charge < -0.3 is 4.74 Å². The van der Waals surface area contributed by atoms with Crippen molar-refractivity contribution in [2.24, 2.45) is 4.99 Å². The van der Waals surface area contributed by atoms with Crippen LogP contribution in [0.5, 0.6) is 5.75 Å². The van der Waals surface area contributed by atoms with E-state index >= 15 is 0 Å². The molecule has 0 atom stereocenters. The molecule has 0 aliphatic heterocycles. The SMILES string of the molecule is COc1ccc(C=NC(=O)C(F)(F)F)cc1. The van der Waals surface area contributed by atoms with Gasteiger partial charge in [-0.2, -0.15) is 13.2 Å². The number of hydrogen-bond donors (Lipinski definition) is 0. The average Bonchev–Trinajstić information content (AvgIpc) is 2.25. The fourth-order valence-corrected chi connectivity index (χ4v) is 0.896. The van der Waals surface area contributed by atoms with Crippen molar-refractivity contribution < 1.29 is 22.7 Å². The van der Waals surface area contributed by atoms with Crippen LogP contribution in [-0.4, -0.2) is 25.4 Å². The van der Waals surface area contributed by atoms with Crippen molar-refractivity contribution in [3.8, 4) is 5.75 Å². The van der Waals surface area contributed by atoms with E-state index in [4.69, 9.17) is 4.74 Å². The summed E-state index contributed by atoms with van der Waals surface area (Å²) in [7, 11) is 1.47. The number of nitrogens with zero attached hydrogens (tertiary/aromatic N) is 1. The van der Waals surface area contributed by atoms with Gasteiger partial charge in [0.1, 0.15) is 5.75 Å². The lowest BCUT2D eigenvalue weighted by Crippen LogP contribution is -2.20. The Hall–Kier alpha value is -1.85. The Bertz CT molecular complexity index is 396. The third-order valence-electron chi connectivity index (χ3n) is 1.69. The van der Waals surface area contributed by atoms with Crippen LogP contribution in [0, 0.1) is 0 Å². The van der Waals surface area contributed by atoms with E-state index in [2.05, 4.69) is 4.99 Å². The zero-order valence-corrected chi connectivity index (χ0v) is 8.28. The van der Waals surface area contributed by atoms with Gasteiger partial charge in [0.2, 0.25) is 0 Å². The summed E-state index contributed by atoms with van der Waals surface area (Å²) in [5.41, 5.74) is 0.387. The molecule has 1 aromatic rings. The molecule has 0 aromatic heterocycles. The molecule has 0 saturated heterocycles. The number of alkyl halides is 3. The van der Waals surface area contributed by atoms with E-state index in [9.17, 15) is 18.0 Å². The number of carbonyl (C=O) groups excluding carboxylic acids is 1. The molecule has 0 spiro atoms. The fourth-order valence-electron chi connectivity index (χ4n) is 0.896. The summed E-state index contributed by atoms with van der Waals surface area (Å²) >= 11 is 0. The predicted molar refractivity (Wildman–Crippen MR) is 51.7 cm³/mol. The number of ether oxygens (including phenoxy) is 1. The summed E-state index contributed by atoms with van der Waals surface area (Å²) in [5.74, 6) is -1.55. The Morgan fingerprint density at radius 1 is 1.31 bits per heavy atom. The standard InChI is InChI=1S/C10H8F3NO2/c1-16-8-4-2-7(3-5-8)6-14-9(15)10(11,12)13/h2-6H,1H3. The van der Waals surface area contributed by atoms with Crippen molar-refractivity contribution in [1.82, 2.24) is 0 Å². The van der Waals surface area contributed by atoms with Gasteiger partial charge in [-0.15, -0.1) is 0 Å². The number of carbonyl (C=O) groups is 1. The second kappa shape index (κ2) is 4.78. The number of methoxy groups -OCH3 is 1. The third kappa shape index (κ3) is 3.38. The maximum Gasteiger partial charge on any atom is 0.473 e. The van der Waals surface area contributed by atoms with E-state index in [1.165, 1.54) is 19.2 Å². The van der Waals surface area contributed by atoms with Gasteiger partial charge in [0.25, 0.3) is 0 Å². The van der Waals surface area contributed by atoms with Crippen molar-refractivity contribution >= 4 is 12.1 Å². The molecule has 3 nitrogen and oxygen atoms in total. The van der Waals surface area contributed by atoms with E-state index in [1.54, 1.807) is 12.1 Å². The summed E-state index contributed by atoms with van der Waals surface area (Å²) < 4.78 is 40.2. The second-order valence-corrected chi connectivity index (χ2v) is 2.83. The third-order valence-corrected chi connectivity index (χ3v) is 1.69. The number of amides is 1. The van der Waals surface area contributed by atoms with Crippen molar-refractivity contribution in [3.05, 3.63) is 29.8 Å². The first-order valence-electron chi connectivity index (χ1n) is 4.23. The molecule has 1 amide bonds. The Balaban J connectivity index is 2.73. The van der Waals surface area contributed by atoms with E-state index in [-0.39, 0.29) is 0 Å². The lowest BCUT2D eigenvalue weighted by Gasteiger charge is -2.00. The monoisotopic (exact) mass is 231 g/mol. The first kappa shape index (κ1) is 12.2. The van der Waals surface area contributed by atoms with E-state index < -0.39 is 12.1 Å². The number of rotatable bonds is 2. The Morgan fingerprint density at radius 2 is 1.88 bits per heavy atom. The highest BCUT2D eigenvalue weighted by Gasteiger charge is 2.38. The number of benzene rings is 1. The van der Waals surface area contributed by atoms with Crippen molar-refractivity contribution in [2.45, 2.75) is 6.18 Å². The van der Waals surface area contributed by atoms with Gasteiger partial charge in [0.15, 0.2) is 0 Å². The van der Waals surface area contributed by atoms with Gasteiger partial charge in [-0.05, 0) is 29.8 Å². The molecule has 0 unspecified atom stereocenters. The smallest absolute Gasteiger partial charge is 0.473 e. The zero-order valence-electron chi connectivity index (χ0n) is 8.28. The highest BCUT2D eigenvalue weighted by atomic mass is 19.4. The number of hydrogen-bond acceptors (Lipinski definition) is 2. The molecule has 0 aliphatic rings. The molecule has 0 fully saturated rings. The fraction of sp³-hybridized carbons (Fsp3) is 0.200. The number of aliphatic imine (C=N–C) groups is 1. The summed E-state index contributed by atoms with van der Waals surface area (Å²) in [6, 6.07) is 6.09. The van der Waals surface area contributed by atoms with Crippen molar-refractivity contribution in [1.29, 1.82) is 0 Å². The maximum atomic E-state index is 11.8. The molecule has 0 heterocycles. The minimum Gasteiger partial charge on any atom is -0.497 e. The molecule has 0 saturated carbocycles.